The standard InChI is InChI=1S/C24H19FN4OS/c1-12-19(31-13(2)27-12)10-15-4-3-5-17-18(11-30)21-22(14-6-8-16(25)9-7-14)28-24(26)29-23(21)20(15)17/h3-9,11,23H,10H2,1-2H3,(H2,26,29). The molecule has 0 amide bonds. The number of allylic oxidation sites excluding steroid dienone is 1. The van der Waals surface area contributed by atoms with Gasteiger partial charge in [0.05, 0.1) is 16.4 Å². The van der Waals surface area contributed by atoms with Gasteiger partial charge in [-0.2, -0.15) is 0 Å². The highest BCUT2D eigenvalue weighted by Gasteiger charge is 2.38. The largest absolute Gasteiger partial charge is 0.368 e. The van der Waals surface area contributed by atoms with E-state index in [0.717, 1.165) is 39.3 Å². The number of halogens is 1. The van der Waals surface area contributed by atoms with Crippen molar-refractivity contribution < 1.29 is 9.18 Å². The molecule has 31 heavy (non-hydrogen) atoms. The Morgan fingerprint density at radius 2 is 1.94 bits per heavy atom. The topological polar surface area (TPSA) is 80.7 Å². The van der Waals surface area contributed by atoms with Gasteiger partial charge in [-0.25, -0.2) is 19.4 Å². The number of carbonyl (C=O) groups excluding carboxylic acids is 1. The van der Waals surface area contributed by atoms with Gasteiger partial charge in [-0.15, -0.1) is 11.3 Å². The van der Waals surface area contributed by atoms with E-state index in [1.54, 1.807) is 23.5 Å². The Kier molecular flexibility index (Phi) is 4.63. The Hall–Kier alpha value is -3.45. The van der Waals surface area contributed by atoms with Crippen LogP contribution in [0.5, 0.6) is 0 Å². The molecule has 0 saturated heterocycles. The van der Waals surface area contributed by atoms with Gasteiger partial charge in [-0.1, -0.05) is 18.2 Å². The van der Waals surface area contributed by atoms with E-state index >= 15 is 0 Å². The number of aldehydes is 1. The monoisotopic (exact) mass is 430 g/mol. The van der Waals surface area contributed by atoms with Gasteiger partial charge in [-0.05, 0) is 54.8 Å². The van der Waals surface area contributed by atoms with Crippen LogP contribution < -0.4 is 5.73 Å². The molecule has 1 aliphatic heterocycles. The summed E-state index contributed by atoms with van der Waals surface area (Å²) < 4.78 is 13.5. The number of benzene rings is 2. The van der Waals surface area contributed by atoms with Gasteiger partial charge in [0.2, 0.25) is 5.96 Å². The summed E-state index contributed by atoms with van der Waals surface area (Å²) in [6.45, 7) is 4.01. The molecule has 0 spiro atoms. The molecule has 2 aliphatic rings. The van der Waals surface area contributed by atoms with Gasteiger partial charge >= 0.3 is 0 Å². The maximum atomic E-state index is 13.5. The van der Waals surface area contributed by atoms with Crippen molar-refractivity contribution in [3.05, 3.63) is 91.7 Å². The smallest absolute Gasteiger partial charge is 0.216 e. The van der Waals surface area contributed by atoms with Crippen LogP contribution in [0.4, 0.5) is 4.39 Å². The summed E-state index contributed by atoms with van der Waals surface area (Å²) in [7, 11) is 0. The van der Waals surface area contributed by atoms with Crippen molar-refractivity contribution in [2.75, 3.05) is 0 Å². The van der Waals surface area contributed by atoms with E-state index in [0.29, 0.717) is 23.3 Å². The molecule has 3 aromatic rings. The van der Waals surface area contributed by atoms with E-state index in [2.05, 4.69) is 21.0 Å². The molecule has 1 unspecified atom stereocenters. The Bertz CT molecular complexity index is 1320. The first-order chi connectivity index (χ1) is 15.0. The maximum Gasteiger partial charge on any atom is 0.216 e. The van der Waals surface area contributed by atoms with Gasteiger partial charge in [0, 0.05) is 28.0 Å². The average Bonchev–Trinajstić information content (AvgIpc) is 3.24. The lowest BCUT2D eigenvalue weighted by Gasteiger charge is -2.21. The number of rotatable bonds is 4. The molecule has 0 bridgehead atoms. The predicted molar refractivity (Wildman–Crippen MR) is 121 cm³/mol. The molecular weight excluding hydrogens is 411 g/mol. The average molecular weight is 431 g/mol. The number of guanidine groups is 1. The number of hydrogen-bond acceptors (Lipinski definition) is 6. The van der Waals surface area contributed by atoms with Crippen LogP contribution in [0.2, 0.25) is 0 Å². The first kappa shape index (κ1) is 19.5. The van der Waals surface area contributed by atoms with Gasteiger partial charge in [-0.3, -0.25) is 4.79 Å². The fourth-order valence-electron chi connectivity index (χ4n) is 4.35. The third-order valence-electron chi connectivity index (χ3n) is 5.65. The summed E-state index contributed by atoms with van der Waals surface area (Å²) in [5.74, 6) is -0.194. The summed E-state index contributed by atoms with van der Waals surface area (Å²) in [5, 5.41) is 1.03. The minimum atomic E-state index is -0.418. The Morgan fingerprint density at radius 1 is 1.16 bits per heavy atom. The lowest BCUT2D eigenvalue weighted by atomic mass is 9.91. The van der Waals surface area contributed by atoms with Gasteiger partial charge in [0.15, 0.2) is 6.29 Å². The second kappa shape index (κ2) is 7.35. The third kappa shape index (κ3) is 3.21. The second-order valence-corrected chi connectivity index (χ2v) is 8.89. The minimum absolute atomic E-state index is 0.144. The first-order valence-corrected chi connectivity index (χ1v) is 10.7. The summed E-state index contributed by atoms with van der Waals surface area (Å²) in [4.78, 5) is 27.0. The van der Waals surface area contributed by atoms with Crippen LogP contribution in [-0.4, -0.2) is 22.9 Å². The fraction of sp³-hybridized carbons (Fsp3) is 0.167. The molecule has 0 saturated carbocycles. The van der Waals surface area contributed by atoms with Gasteiger partial charge < -0.3 is 5.73 Å². The maximum absolute atomic E-state index is 13.5. The molecule has 0 fully saturated rings. The number of aromatic nitrogens is 1. The fourth-order valence-corrected chi connectivity index (χ4v) is 5.31. The van der Waals surface area contributed by atoms with Crippen LogP contribution in [0, 0.1) is 19.7 Å². The van der Waals surface area contributed by atoms with E-state index < -0.39 is 6.04 Å². The molecule has 2 N–H and O–H groups in total. The zero-order valence-corrected chi connectivity index (χ0v) is 17.8. The van der Waals surface area contributed by atoms with Crippen molar-refractivity contribution in [2.24, 2.45) is 15.7 Å². The number of aryl methyl sites for hydroxylation is 2. The molecule has 7 heteroatoms. The predicted octanol–water partition coefficient (Wildman–Crippen LogP) is 4.31. The number of aliphatic imine (C=N–C) groups is 2. The van der Waals surface area contributed by atoms with Crippen LogP contribution in [0.1, 0.15) is 43.9 Å². The Balaban J connectivity index is 1.66. The molecule has 2 heterocycles. The summed E-state index contributed by atoms with van der Waals surface area (Å²) >= 11 is 1.68. The molecule has 154 valence electrons. The lowest BCUT2D eigenvalue weighted by molar-refractivity contribution is -0.103. The molecule has 1 aliphatic carbocycles. The van der Waals surface area contributed by atoms with Crippen molar-refractivity contribution in [1.82, 2.24) is 4.98 Å². The summed E-state index contributed by atoms with van der Waals surface area (Å²) in [6.07, 6.45) is 1.56. The van der Waals surface area contributed by atoms with E-state index in [1.807, 2.05) is 26.0 Å². The highest BCUT2D eigenvalue weighted by molar-refractivity contribution is 7.11. The summed E-state index contributed by atoms with van der Waals surface area (Å²) in [6, 6.07) is 11.6. The van der Waals surface area contributed by atoms with Crippen LogP contribution in [0.3, 0.4) is 0 Å². The highest BCUT2D eigenvalue weighted by atomic mass is 32.1. The normalized spacial score (nSPS) is 17.2. The molecule has 5 rings (SSSR count). The first-order valence-electron chi connectivity index (χ1n) is 9.89. The Labute approximate surface area is 182 Å². The second-order valence-electron chi connectivity index (χ2n) is 7.60. The number of fused-ring (bicyclic) bond motifs is 3. The third-order valence-corrected chi connectivity index (χ3v) is 6.73. The quantitative estimate of drug-likeness (QED) is 0.626. The van der Waals surface area contributed by atoms with E-state index in [9.17, 15) is 9.18 Å². The Morgan fingerprint density at radius 3 is 2.61 bits per heavy atom. The molecule has 1 atom stereocenters. The number of thiazole rings is 1. The number of hydrogen-bond donors (Lipinski definition) is 1. The summed E-state index contributed by atoms with van der Waals surface area (Å²) in [5.41, 5.74) is 12.5. The molecule has 1 aromatic heterocycles. The van der Waals surface area contributed by atoms with E-state index in [-0.39, 0.29) is 11.8 Å². The van der Waals surface area contributed by atoms with Gasteiger partial charge in [0.25, 0.3) is 0 Å². The molecule has 0 radical (unpaired) electrons. The van der Waals surface area contributed by atoms with Crippen LogP contribution in [0.15, 0.2) is 58.0 Å². The van der Waals surface area contributed by atoms with E-state index in [4.69, 9.17) is 5.73 Å². The highest BCUT2D eigenvalue weighted by Crippen LogP contribution is 2.47. The minimum Gasteiger partial charge on any atom is -0.368 e. The lowest BCUT2D eigenvalue weighted by Crippen LogP contribution is -2.23. The van der Waals surface area contributed by atoms with Crippen molar-refractivity contribution in [3.8, 4) is 0 Å². The molecule has 2 aromatic carbocycles. The zero-order chi connectivity index (χ0) is 21.7. The van der Waals surface area contributed by atoms with Crippen LogP contribution in [0.25, 0.3) is 5.57 Å². The molecule has 5 nitrogen and oxygen atoms in total. The number of nitrogens with two attached hydrogens (primary N) is 1. The number of carbonyl (C=O) groups is 1. The number of nitrogens with zero attached hydrogens (tertiary/aromatic N) is 3. The van der Waals surface area contributed by atoms with Crippen molar-refractivity contribution >= 4 is 34.9 Å². The van der Waals surface area contributed by atoms with Crippen molar-refractivity contribution in [3.63, 3.8) is 0 Å². The van der Waals surface area contributed by atoms with Crippen molar-refractivity contribution in [1.29, 1.82) is 0 Å². The SMILES string of the molecule is Cc1nc(C)c(Cc2cccc3c2C2N=C(N)N=C(c4ccc(F)cc4)C2=C3C=O)s1. The van der Waals surface area contributed by atoms with E-state index in [1.165, 1.54) is 17.0 Å². The molecular formula is C24H19FN4OS. The van der Waals surface area contributed by atoms with Gasteiger partial charge in [0.1, 0.15) is 11.9 Å². The van der Waals surface area contributed by atoms with Crippen LogP contribution in [-0.2, 0) is 11.2 Å². The zero-order valence-electron chi connectivity index (χ0n) is 17.0. The van der Waals surface area contributed by atoms with Crippen LogP contribution >= 0.6 is 11.3 Å². The van der Waals surface area contributed by atoms with Crippen molar-refractivity contribution in [2.45, 2.75) is 26.3 Å².